The third-order valence-electron chi connectivity index (χ3n) is 3.35. The summed E-state index contributed by atoms with van der Waals surface area (Å²) in [6, 6.07) is 8.49. The van der Waals surface area contributed by atoms with Crippen LogP contribution in [-0.4, -0.2) is 29.3 Å². The minimum Gasteiger partial charge on any atom is -0.340 e. The van der Waals surface area contributed by atoms with E-state index in [-0.39, 0.29) is 11.9 Å². The Balaban J connectivity index is 2.55. The predicted molar refractivity (Wildman–Crippen MR) is 81.7 cm³/mol. The molecule has 1 aromatic rings. The number of alkyl halides is 1. The first-order chi connectivity index (χ1) is 9.06. The molecule has 0 aromatic heterocycles. The maximum atomic E-state index is 12.3. The van der Waals surface area contributed by atoms with Gasteiger partial charge in [0.15, 0.2) is 0 Å². The van der Waals surface area contributed by atoms with E-state index in [1.807, 2.05) is 17.0 Å². The summed E-state index contributed by atoms with van der Waals surface area (Å²) < 4.78 is 0. The molecule has 0 aliphatic carbocycles. The Morgan fingerprint density at radius 1 is 1.32 bits per heavy atom. The molecule has 0 bridgehead atoms. The standard InChI is InChI=1S/C16H24ClNO/c1-13(2)18(12-6-11-17)16(19)10-9-15-8-5-4-7-14(15)3/h4-5,7-8,13H,6,9-12H2,1-3H3. The fourth-order valence-corrected chi connectivity index (χ4v) is 2.30. The number of carbonyl (C=O) groups is 1. The first kappa shape index (κ1) is 16.0. The lowest BCUT2D eigenvalue weighted by atomic mass is 10.0. The molecule has 19 heavy (non-hydrogen) atoms. The number of benzene rings is 1. The van der Waals surface area contributed by atoms with Crippen LogP contribution in [0.3, 0.4) is 0 Å². The molecule has 0 aliphatic rings. The van der Waals surface area contributed by atoms with Crippen LogP contribution in [0, 0.1) is 6.92 Å². The average molecular weight is 282 g/mol. The summed E-state index contributed by atoms with van der Waals surface area (Å²) in [6.07, 6.45) is 2.25. The van der Waals surface area contributed by atoms with Gasteiger partial charge in [-0.2, -0.15) is 0 Å². The van der Waals surface area contributed by atoms with Crippen molar-refractivity contribution in [1.29, 1.82) is 0 Å². The molecule has 1 aromatic carbocycles. The Bertz CT molecular complexity index is 403. The van der Waals surface area contributed by atoms with Crippen molar-refractivity contribution < 1.29 is 4.79 Å². The van der Waals surface area contributed by atoms with Crippen molar-refractivity contribution in [1.82, 2.24) is 4.90 Å². The van der Waals surface area contributed by atoms with Gasteiger partial charge in [-0.3, -0.25) is 4.79 Å². The highest BCUT2D eigenvalue weighted by molar-refractivity contribution is 6.17. The van der Waals surface area contributed by atoms with E-state index >= 15 is 0 Å². The lowest BCUT2D eigenvalue weighted by Gasteiger charge is -2.26. The molecule has 3 heteroatoms. The van der Waals surface area contributed by atoms with Crippen LogP contribution in [-0.2, 0) is 11.2 Å². The Morgan fingerprint density at radius 3 is 2.58 bits per heavy atom. The van der Waals surface area contributed by atoms with E-state index in [1.165, 1.54) is 11.1 Å². The van der Waals surface area contributed by atoms with Crippen molar-refractivity contribution >= 4 is 17.5 Å². The number of rotatable bonds is 7. The molecule has 0 unspecified atom stereocenters. The molecule has 0 fully saturated rings. The van der Waals surface area contributed by atoms with E-state index in [1.54, 1.807) is 0 Å². The van der Waals surface area contributed by atoms with Gasteiger partial charge in [-0.25, -0.2) is 0 Å². The van der Waals surface area contributed by atoms with Crippen LogP contribution in [0.5, 0.6) is 0 Å². The van der Waals surface area contributed by atoms with Gasteiger partial charge in [0.2, 0.25) is 5.91 Å². The zero-order valence-corrected chi connectivity index (χ0v) is 12.9. The zero-order chi connectivity index (χ0) is 14.3. The largest absolute Gasteiger partial charge is 0.340 e. The highest BCUT2D eigenvalue weighted by Crippen LogP contribution is 2.12. The molecule has 1 rings (SSSR count). The number of amides is 1. The third-order valence-corrected chi connectivity index (χ3v) is 3.61. The summed E-state index contributed by atoms with van der Waals surface area (Å²) in [4.78, 5) is 14.2. The second-order valence-electron chi connectivity index (χ2n) is 5.15. The fraction of sp³-hybridized carbons (Fsp3) is 0.562. The molecule has 0 spiro atoms. The topological polar surface area (TPSA) is 20.3 Å². The van der Waals surface area contributed by atoms with Crippen LogP contribution < -0.4 is 0 Å². The van der Waals surface area contributed by atoms with Gasteiger partial charge in [0.25, 0.3) is 0 Å². The molecular formula is C16H24ClNO. The molecular weight excluding hydrogens is 258 g/mol. The van der Waals surface area contributed by atoms with E-state index < -0.39 is 0 Å². The van der Waals surface area contributed by atoms with Gasteiger partial charge in [-0.1, -0.05) is 24.3 Å². The van der Waals surface area contributed by atoms with Crippen molar-refractivity contribution in [2.45, 2.75) is 46.1 Å². The molecule has 0 heterocycles. The minimum absolute atomic E-state index is 0.225. The number of hydrogen-bond acceptors (Lipinski definition) is 1. The van der Waals surface area contributed by atoms with Gasteiger partial charge in [0, 0.05) is 24.9 Å². The van der Waals surface area contributed by atoms with E-state index in [0.29, 0.717) is 12.3 Å². The number of carbonyl (C=O) groups excluding carboxylic acids is 1. The minimum atomic E-state index is 0.225. The summed E-state index contributed by atoms with van der Waals surface area (Å²) in [5.74, 6) is 0.831. The molecule has 0 atom stereocenters. The van der Waals surface area contributed by atoms with Gasteiger partial charge in [-0.15, -0.1) is 11.6 Å². The maximum Gasteiger partial charge on any atom is 0.223 e. The second-order valence-corrected chi connectivity index (χ2v) is 5.53. The average Bonchev–Trinajstić information content (AvgIpc) is 2.38. The van der Waals surface area contributed by atoms with Crippen molar-refractivity contribution in [3.63, 3.8) is 0 Å². The molecule has 0 saturated carbocycles. The van der Waals surface area contributed by atoms with Gasteiger partial charge >= 0.3 is 0 Å². The Labute approximate surface area is 121 Å². The Morgan fingerprint density at radius 2 is 2.00 bits per heavy atom. The molecule has 0 radical (unpaired) electrons. The predicted octanol–water partition coefficient (Wildman–Crippen LogP) is 3.79. The Kier molecular flexibility index (Phi) is 6.93. The van der Waals surface area contributed by atoms with Crippen molar-refractivity contribution in [3.05, 3.63) is 35.4 Å². The zero-order valence-electron chi connectivity index (χ0n) is 12.2. The summed E-state index contributed by atoms with van der Waals surface area (Å²) in [5.41, 5.74) is 2.52. The monoisotopic (exact) mass is 281 g/mol. The first-order valence-electron chi connectivity index (χ1n) is 6.96. The number of nitrogens with zero attached hydrogens (tertiary/aromatic N) is 1. The highest BCUT2D eigenvalue weighted by Gasteiger charge is 2.16. The van der Waals surface area contributed by atoms with Crippen LogP contribution in [0.25, 0.3) is 0 Å². The lowest BCUT2D eigenvalue weighted by Crippen LogP contribution is -2.38. The van der Waals surface area contributed by atoms with Crippen LogP contribution in [0.2, 0.25) is 0 Å². The number of halogens is 1. The van der Waals surface area contributed by atoms with Crippen molar-refractivity contribution in [3.8, 4) is 0 Å². The molecule has 0 saturated heterocycles. The van der Waals surface area contributed by atoms with E-state index in [9.17, 15) is 4.79 Å². The smallest absolute Gasteiger partial charge is 0.223 e. The summed E-state index contributed by atoms with van der Waals surface area (Å²) in [5, 5.41) is 0. The van der Waals surface area contributed by atoms with Gasteiger partial charge < -0.3 is 4.90 Å². The fourth-order valence-electron chi connectivity index (χ4n) is 2.18. The SMILES string of the molecule is Cc1ccccc1CCC(=O)N(CCCCl)C(C)C. The second kappa shape index (κ2) is 8.21. The Hall–Kier alpha value is -1.02. The number of aryl methyl sites for hydroxylation is 2. The molecule has 0 aliphatic heterocycles. The molecule has 2 nitrogen and oxygen atoms in total. The lowest BCUT2D eigenvalue weighted by molar-refractivity contribution is -0.132. The van der Waals surface area contributed by atoms with E-state index in [2.05, 4.69) is 32.9 Å². The maximum absolute atomic E-state index is 12.3. The van der Waals surface area contributed by atoms with Crippen LogP contribution in [0.4, 0.5) is 0 Å². The van der Waals surface area contributed by atoms with Crippen molar-refractivity contribution in [2.24, 2.45) is 0 Å². The van der Waals surface area contributed by atoms with Crippen LogP contribution in [0.15, 0.2) is 24.3 Å². The summed E-state index contributed by atoms with van der Waals surface area (Å²) in [6.45, 7) is 6.96. The molecule has 106 valence electrons. The van der Waals surface area contributed by atoms with Crippen LogP contribution >= 0.6 is 11.6 Å². The molecule has 1 amide bonds. The van der Waals surface area contributed by atoms with Gasteiger partial charge in [-0.05, 0) is 44.7 Å². The summed E-state index contributed by atoms with van der Waals surface area (Å²) >= 11 is 5.71. The first-order valence-corrected chi connectivity index (χ1v) is 7.49. The van der Waals surface area contributed by atoms with E-state index in [4.69, 9.17) is 11.6 Å². The quantitative estimate of drug-likeness (QED) is 0.696. The third kappa shape index (κ3) is 5.23. The van der Waals surface area contributed by atoms with Gasteiger partial charge in [0.1, 0.15) is 0 Å². The van der Waals surface area contributed by atoms with E-state index in [0.717, 1.165) is 19.4 Å². The normalized spacial score (nSPS) is 10.8. The van der Waals surface area contributed by atoms with Crippen LogP contribution in [0.1, 0.15) is 37.8 Å². The summed E-state index contributed by atoms with van der Waals surface area (Å²) in [7, 11) is 0. The van der Waals surface area contributed by atoms with Gasteiger partial charge in [0.05, 0.1) is 0 Å². The molecule has 0 N–H and O–H groups in total. The highest BCUT2D eigenvalue weighted by atomic mass is 35.5. The number of hydrogen-bond donors (Lipinski definition) is 0. The van der Waals surface area contributed by atoms with Crippen molar-refractivity contribution in [2.75, 3.05) is 12.4 Å².